The van der Waals surface area contributed by atoms with Gasteiger partial charge in [0, 0.05) is 25.7 Å². The van der Waals surface area contributed by atoms with Crippen LogP contribution in [0, 0.1) is 0 Å². The van der Waals surface area contributed by atoms with E-state index in [-0.39, 0.29) is 18.6 Å². The average Bonchev–Trinajstić information content (AvgIpc) is 3.08. The van der Waals surface area contributed by atoms with Crippen molar-refractivity contribution >= 4 is 16.9 Å². The van der Waals surface area contributed by atoms with Crippen LogP contribution in [0.3, 0.4) is 0 Å². The highest BCUT2D eigenvalue weighted by atomic mass is 16.3. The second-order valence-corrected chi connectivity index (χ2v) is 6.97. The number of likely N-dealkylation sites (N-methyl/N-ethyl adjacent to an activating group) is 2. The van der Waals surface area contributed by atoms with Crippen LogP contribution in [0.25, 0.3) is 11.0 Å². The van der Waals surface area contributed by atoms with Crippen molar-refractivity contribution < 1.29 is 9.90 Å². The zero-order chi connectivity index (χ0) is 19.4. The van der Waals surface area contributed by atoms with Crippen molar-refractivity contribution in [2.24, 2.45) is 0 Å². The smallest absolute Gasteiger partial charge is 0.254 e. The maximum Gasteiger partial charge on any atom is 0.254 e. The highest BCUT2D eigenvalue weighted by Gasteiger charge is 2.23. The van der Waals surface area contributed by atoms with E-state index in [0.29, 0.717) is 12.1 Å². The molecule has 0 radical (unpaired) electrons. The SMILES string of the molecule is CN(C)CC(c1ccccc1)N(C)C(=O)c1ccc2c(c1)ncn2CCO. The van der Waals surface area contributed by atoms with Gasteiger partial charge >= 0.3 is 0 Å². The van der Waals surface area contributed by atoms with Crippen LogP contribution in [-0.2, 0) is 6.54 Å². The molecule has 2 aromatic carbocycles. The number of carbonyl (C=O) groups is 1. The molecule has 0 fully saturated rings. The molecular formula is C21H26N4O2. The predicted octanol–water partition coefficient (Wildman–Crippen LogP) is 2.40. The zero-order valence-electron chi connectivity index (χ0n) is 16.0. The molecule has 3 rings (SSSR count). The summed E-state index contributed by atoms with van der Waals surface area (Å²) in [7, 11) is 5.86. The Labute approximate surface area is 159 Å². The summed E-state index contributed by atoms with van der Waals surface area (Å²) >= 11 is 0. The highest BCUT2D eigenvalue weighted by Crippen LogP contribution is 2.23. The number of nitrogens with zero attached hydrogens (tertiary/aromatic N) is 4. The first-order valence-corrected chi connectivity index (χ1v) is 9.04. The molecule has 0 aliphatic rings. The summed E-state index contributed by atoms with van der Waals surface area (Å²) in [5.41, 5.74) is 3.39. The summed E-state index contributed by atoms with van der Waals surface area (Å²) in [5, 5.41) is 9.14. The largest absolute Gasteiger partial charge is 0.395 e. The van der Waals surface area contributed by atoms with Crippen LogP contribution in [0.1, 0.15) is 22.0 Å². The van der Waals surface area contributed by atoms with Gasteiger partial charge in [-0.15, -0.1) is 0 Å². The van der Waals surface area contributed by atoms with Gasteiger partial charge in [0.05, 0.1) is 30.0 Å². The third-order valence-electron chi connectivity index (χ3n) is 4.72. The first kappa shape index (κ1) is 19.1. The van der Waals surface area contributed by atoms with Crippen molar-refractivity contribution in [3.8, 4) is 0 Å². The number of imidazole rings is 1. The molecular weight excluding hydrogens is 340 g/mol. The molecule has 1 amide bonds. The lowest BCUT2D eigenvalue weighted by Crippen LogP contribution is -2.37. The molecule has 27 heavy (non-hydrogen) atoms. The number of benzene rings is 2. The molecule has 0 aliphatic carbocycles. The Kier molecular flexibility index (Phi) is 5.88. The number of aromatic nitrogens is 2. The van der Waals surface area contributed by atoms with Crippen molar-refractivity contribution in [3.05, 3.63) is 66.0 Å². The Morgan fingerprint density at radius 1 is 1.15 bits per heavy atom. The molecule has 0 saturated heterocycles. The molecule has 0 bridgehead atoms. The fraction of sp³-hybridized carbons (Fsp3) is 0.333. The molecule has 3 aromatic rings. The zero-order valence-corrected chi connectivity index (χ0v) is 16.0. The predicted molar refractivity (Wildman–Crippen MR) is 107 cm³/mol. The fourth-order valence-corrected chi connectivity index (χ4v) is 3.30. The normalized spacial score (nSPS) is 12.5. The van der Waals surface area contributed by atoms with Gasteiger partial charge in [-0.25, -0.2) is 4.98 Å². The number of rotatable bonds is 7. The Morgan fingerprint density at radius 2 is 1.89 bits per heavy atom. The Morgan fingerprint density at radius 3 is 2.56 bits per heavy atom. The molecule has 6 nitrogen and oxygen atoms in total. The van der Waals surface area contributed by atoms with E-state index in [4.69, 9.17) is 5.11 Å². The van der Waals surface area contributed by atoms with Gasteiger partial charge in [0.1, 0.15) is 0 Å². The van der Waals surface area contributed by atoms with Gasteiger partial charge in [0.15, 0.2) is 0 Å². The van der Waals surface area contributed by atoms with E-state index >= 15 is 0 Å². The van der Waals surface area contributed by atoms with Gasteiger partial charge in [-0.1, -0.05) is 30.3 Å². The molecule has 1 atom stereocenters. The van der Waals surface area contributed by atoms with Crippen LogP contribution in [-0.4, -0.2) is 64.7 Å². The van der Waals surface area contributed by atoms with Crippen LogP contribution < -0.4 is 0 Å². The minimum atomic E-state index is -0.0451. The summed E-state index contributed by atoms with van der Waals surface area (Å²) in [4.78, 5) is 21.4. The van der Waals surface area contributed by atoms with Crippen LogP contribution in [0.15, 0.2) is 54.9 Å². The first-order chi connectivity index (χ1) is 13.0. The van der Waals surface area contributed by atoms with Crippen molar-refractivity contribution in [1.82, 2.24) is 19.4 Å². The minimum absolute atomic E-state index is 0.0377. The molecule has 142 valence electrons. The van der Waals surface area contributed by atoms with E-state index in [1.165, 1.54) is 0 Å². The number of aliphatic hydroxyl groups excluding tert-OH is 1. The number of fused-ring (bicyclic) bond motifs is 1. The number of amides is 1. The monoisotopic (exact) mass is 366 g/mol. The van der Waals surface area contributed by atoms with E-state index in [1.54, 1.807) is 11.2 Å². The molecule has 0 saturated carbocycles. The van der Waals surface area contributed by atoms with Gasteiger partial charge < -0.3 is 19.5 Å². The maximum absolute atomic E-state index is 13.1. The Hall–Kier alpha value is -2.70. The van der Waals surface area contributed by atoms with Gasteiger partial charge in [-0.05, 0) is 37.9 Å². The first-order valence-electron chi connectivity index (χ1n) is 9.04. The summed E-state index contributed by atoms with van der Waals surface area (Å²) in [5.74, 6) is -0.0377. The second kappa shape index (κ2) is 8.33. The Bertz CT molecular complexity index is 905. The summed E-state index contributed by atoms with van der Waals surface area (Å²) in [6.07, 6.45) is 1.69. The summed E-state index contributed by atoms with van der Waals surface area (Å²) in [6.45, 7) is 1.28. The molecule has 0 spiro atoms. The second-order valence-electron chi connectivity index (χ2n) is 6.97. The van der Waals surface area contributed by atoms with Crippen molar-refractivity contribution in [2.45, 2.75) is 12.6 Å². The van der Waals surface area contributed by atoms with Gasteiger partial charge in [-0.2, -0.15) is 0 Å². The highest BCUT2D eigenvalue weighted by molar-refractivity contribution is 5.97. The number of aliphatic hydroxyl groups is 1. The lowest BCUT2D eigenvalue weighted by Gasteiger charge is -2.31. The maximum atomic E-state index is 13.1. The average molecular weight is 366 g/mol. The van der Waals surface area contributed by atoms with Gasteiger partial charge in [0.2, 0.25) is 0 Å². The third-order valence-corrected chi connectivity index (χ3v) is 4.72. The molecule has 1 aromatic heterocycles. The van der Waals surface area contributed by atoms with Gasteiger partial charge in [-0.3, -0.25) is 4.79 Å². The number of hydrogen-bond acceptors (Lipinski definition) is 4. The summed E-state index contributed by atoms with van der Waals surface area (Å²) < 4.78 is 1.88. The Balaban J connectivity index is 1.89. The number of carbonyl (C=O) groups excluding carboxylic acids is 1. The van der Waals surface area contributed by atoms with Crippen molar-refractivity contribution in [2.75, 3.05) is 34.3 Å². The lowest BCUT2D eigenvalue weighted by molar-refractivity contribution is 0.0705. The van der Waals surface area contributed by atoms with Crippen molar-refractivity contribution in [1.29, 1.82) is 0 Å². The topological polar surface area (TPSA) is 61.6 Å². The lowest BCUT2D eigenvalue weighted by atomic mass is 10.0. The van der Waals surface area contributed by atoms with E-state index in [2.05, 4.69) is 22.0 Å². The molecule has 1 heterocycles. The number of hydrogen-bond donors (Lipinski definition) is 1. The molecule has 6 heteroatoms. The van der Waals surface area contributed by atoms with E-state index in [1.807, 2.05) is 62.1 Å². The summed E-state index contributed by atoms with van der Waals surface area (Å²) in [6, 6.07) is 15.6. The van der Waals surface area contributed by atoms with Crippen LogP contribution in [0.5, 0.6) is 0 Å². The quantitative estimate of drug-likeness (QED) is 0.698. The van der Waals surface area contributed by atoms with E-state index in [0.717, 1.165) is 23.1 Å². The molecule has 1 unspecified atom stereocenters. The van der Waals surface area contributed by atoms with Crippen molar-refractivity contribution in [3.63, 3.8) is 0 Å². The van der Waals surface area contributed by atoms with Crippen LogP contribution in [0.2, 0.25) is 0 Å². The standard InChI is InChI=1S/C21H26N4O2/c1-23(2)14-20(16-7-5-4-6-8-16)24(3)21(27)17-9-10-19-18(13-17)22-15-25(19)11-12-26/h4-10,13,15,20,26H,11-12,14H2,1-3H3. The van der Waals surface area contributed by atoms with E-state index in [9.17, 15) is 4.79 Å². The molecule has 0 aliphatic heterocycles. The fourth-order valence-electron chi connectivity index (χ4n) is 3.30. The third kappa shape index (κ3) is 4.18. The van der Waals surface area contributed by atoms with Crippen LogP contribution in [0.4, 0.5) is 0 Å². The van der Waals surface area contributed by atoms with E-state index < -0.39 is 0 Å². The minimum Gasteiger partial charge on any atom is -0.395 e. The van der Waals surface area contributed by atoms with Gasteiger partial charge in [0.25, 0.3) is 5.91 Å². The van der Waals surface area contributed by atoms with Crippen LogP contribution >= 0.6 is 0 Å². The molecule has 1 N–H and O–H groups in total.